The molecule has 7 heterocycles. The molecule has 45 heavy (non-hydrogen) atoms. The molecule has 2 N–H and O–H groups in total. The van der Waals surface area contributed by atoms with Gasteiger partial charge in [-0.3, -0.25) is 15.0 Å². The zero-order chi connectivity index (χ0) is 30.9. The van der Waals surface area contributed by atoms with Gasteiger partial charge in [0.2, 0.25) is 0 Å². The maximum absolute atomic E-state index is 14.5. The van der Waals surface area contributed by atoms with Crippen LogP contribution in [0.3, 0.4) is 0 Å². The molecule has 4 aromatic heterocycles. The number of alkyl halides is 1. The summed E-state index contributed by atoms with van der Waals surface area (Å²) >= 11 is 1.58. The number of hydrogen-bond acceptors (Lipinski definition) is 10. The molecule has 12 heteroatoms. The maximum Gasteiger partial charge on any atom is 0.319 e. The van der Waals surface area contributed by atoms with Gasteiger partial charge in [0, 0.05) is 42.0 Å². The van der Waals surface area contributed by atoms with Crippen LogP contribution in [0.5, 0.6) is 6.01 Å². The van der Waals surface area contributed by atoms with Crippen LogP contribution in [-0.4, -0.2) is 98.5 Å². The number of fused-ring (bicyclic) bond motifs is 5. The van der Waals surface area contributed by atoms with E-state index in [1.54, 1.807) is 18.3 Å². The predicted molar refractivity (Wildman–Crippen MR) is 174 cm³/mol. The number of halogens is 1. The highest BCUT2D eigenvalue weighted by Gasteiger charge is 2.49. The second kappa shape index (κ2) is 10.8. The van der Waals surface area contributed by atoms with E-state index in [9.17, 15) is 9.50 Å². The first-order chi connectivity index (χ1) is 21.7. The molecule has 1 aromatic carbocycles. The summed E-state index contributed by atoms with van der Waals surface area (Å²) in [7, 11) is 0. The quantitative estimate of drug-likeness (QED) is 0.261. The molecule has 3 fully saturated rings. The van der Waals surface area contributed by atoms with Crippen molar-refractivity contribution in [2.24, 2.45) is 0 Å². The number of ether oxygens (including phenoxy) is 2. The van der Waals surface area contributed by atoms with Gasteiger partial charge in [-0.05, 0) is 62.9 Å². The number of aromatic amines is 1. The molecule has 3 saturated heterocycles. The third-order valence-corrected chi connectivity index (χ3v) is 11.0. The molecule has 0 aliphatic carbocycles. The van der Waals surface area contributed by atoms with E-state index in [1.807, 2.05) is 18.5 Å². The molecule has 0 bridgehead atoms. The van der Waals surface area contributed by atoms with E-state index in [-0.39, 0.29) is 18.2 Å². The SMILES string of the molecule is CCc1c(C)cc2[nH]ncc2c1-c1nccc2c1sc1nc(OC[C@@]34CCCN3C[C@H](F)C4)nc(N3CCOC[C@@](C)(O)C3)c12. The van der Waals surface area contributed by atoms with Crippen molar-refractivity contribution < 1.29 is 19.0 Å². The van der Waals surface area contributed by atoms with Crippen LogP contribution in [0.2, 0.25) is 0 Å². The maximum atomic E-state index is 14.5. The zero-order valence-corrected chi connectivity index (χ0v) is 26.7. The summed E-state index contributed by atoms with van der Waals surface area (Å²) in [5.41, 5.74) is 4.01. The smallest absolute Gasteiger partial charge is 0.319 e. The lowest BCUT2D eigenvalue weighted by atomic mass is 9.93. The van der Waals surface area contributed by atoms with Crippen LogP contribution in [0, 0.1) is 6.92 Å². The molecule has 8 rings (SSSR count). The molecular formula is C33H38FN7O3S. The van der Waals surface area contributed by atoms with E-state index in [0.717, 1.165) is 68.3 Å². The molecule has 3 atom stereocenters. The number of anilines is 1. The number of aromatic nitrogens is 5. The van der Waals surface area contributed by atoms with Gasteiger partial charge in [-0.25, -0.2) is 4.39 Å². The first-order valence-electron chi connectivity index (χ1n) is 15.9. The largest absolute Gasteiger partial charge is 0.461 e. The van der Waals surface area contributed by atoms with E-state index < -0.39 is 11.8 Å². The number of nitrogens with one attached hydrogen (secondary N) is 1. The number of rotatable bonds is 6. The fourth-order valence-electron chi connectivity index (χ4n) is 7.86. The predicted octanol–water partition coefficient (Wildman–Crippen LogP) is 5.20. The number of nitrogens with zero attached hydrogens (tertiary/aromatic N) is 6. The van der Waals surface area contributed by atoms with Crippen molar-refractivity contribution in [2.45, 2.75) is 63.8 Å². The average Bonchev–Trinajstić information content (AvgIpc) is 3.75. The lowest BCUT2D eigenvalue weighted by Crippen LogP contribution is -2.43. The first kappa shape index (κ1) is 29.0. The number of hydrogen-bond donors (Lipinski definition) is 2. The van der Waals surface area contributed by atoms with Crippen LogP contribution in [-0.2, 0) is 11.2 Å². The van der Waals surface area contributed by atoms with Crippen molar-refractivity contribution in [3.05, 3.63) is 35.7 Å². The van der Waals surface area contributed by atoms with Gasteiger partial charge in [0.1, 0.15) is 29.0 Å². The number of β-amino-alcohol motifs (C(OH)–C–C–N with tert-alkyl or cyclic N) is 1. The Morgan fingerprint density at radius 2 is 2.16 bits per heavy atom. The molecule has 236 valence electrons. The normalized spacial score (nSPS) is 25.9. The molecule has 0 amide bonds. The number of aryl methyl sites for hydroxylation is 1. The Labute approximate surface area is 264 Å². The molecule has 5 aromatic rings. The summed E-state index contributed by atoms with van der Waals surface area (Å²) < 4.78 is 27.7. The Morgan fingerprint density at radius 3 is 3.02 bits per heavy atom. The summed E-state index contributed by atoms with van der Waals surface area (Å²) in [6.45, 7) is 9.42. The van der Waals surface area contributed by atoms with Crippen LogP contribution >= 0.6 is 11.3 Å². The molecule has 3 aliphatic rings. The lowest BCUT2D eigenvalue weighted by Gasteiger charge is -2.31. The van der Waals surface area contributed by atoms with Gasteiger partial charge in [0.15, 0.2) is 0 Å². The van der Waals surface area contributed by atoms with Gasteiger partial charge >= 0.3 is 6.01 Å². The number of H-pyrrole nitrogens is 1. The third kappa shape index (κ3) is 4.84. The van der Waals surface area contributed by atoms with Crippen molar-refractivity contribution in [1.82, 2.24) is 30.0 Å². The van der Waals surface area contributed by atoms with Crippen molar-refractivity contribution in [3.8, 4) is 17.3 Å². The second-order valence-corrected chi connectivity index (χ2v) is 14.2. The van der Waals surface area contributed by atoms with Gasteiger partial charge < -0.3 is 19.5 Å². The Morgan fingerprint density at radius 1 is 1.27 bits per heavy atom. The first-order valence-corrected chi connectivity index (χ1v) is 16.7. The van der Waals surface area contributed by atoms with E-state index in [1.165, 1.54) is 11.1 Å². The van der Waals surface area contributed by atoms with Gasteiger partial charge in [0.25, 0.3) is 0 Å². The summed E-state index contributed by atoms with van der Waals surface area (Å²) in [5, 5.41) is 21.6. The van der Waals surface area contributed by atoms with Crippen molar-refractivity contribution in [3.63, 3.8) is 0 Å². The number of aliphatic hydroxyl groups is 1. The van der Waals surface area contributed by atoms with Crippen LogP contribution in [0.15, 0.2) is 24.5 Å². The van der Waals surface area contributed by atoms with E-state index in [2.05, 4.69) is 39.9 Å². The number of pyridine rings is 1. The Hall–Kier alpha value is -3.45. The van der Waals surface area contributed by atoms with Gasteiger partial charge in [0.05, 0.1) is 52.8 Å². The number of benzene rings is 1. The van der Waals surface area contributed by atoms with E-state index in [4.69, 9.17) is 24.4 Å². The minimum atomic E-state index is -1.05. The van der Waals surface area contributed by atoms with Gasteiger partial charge in [-0.2, -0.15) is 15.1 Å². The summed E-state index contributed by atoms with van der Waals surface area (Å²) in [5.74, 6) is 0.702. The molecule has 0 saturated carbocycles. The summed E-state index contributed by atoms with van der Waals surface area (Å²) in [4.78, 5) is 20.1. The fraction of sp³-hybridized carbons (Fsp3) is 0.515. The standard InChI is InChI=1S/C33H38FN7O3S/c1-4-21-19(2)12-24-23(14-36-39-24)25(21)27-28-22(6-8-35-27)26-29(40-10-11-43-17-32(3,42)16-40)37-31(38-30(26)45-28)44-18-33-7-5-9-41(33)15-20(34)13-33/h6,8,12,14,20,42H,4-5,7,9-11,13,15-18H2,1-3H3,(H,36,39)/t20-,32+,33+/m1/s1. The van der Waals surface area contributed by atoms with Gasteiger partial charge in [-0.1, -0.05) is 6.92 Å². The minimum absolute atomic E-state index is 0.246. The molecule has 3 aliphatic heterocycles. The van der Waals surface area contributed by atoms with Crippen LogP contribution in [0.4, 0.5) is 10.2 Å². The average molecular weight is 632 g/mol. The zero-order valence-electron chi connectivity index (χ0n) is 25.9. The Kier molecular flexibility index (Phi) is 6.97. The van der Waals surface area contributed by atoms with Crippen molar-refractivity contribution in [1.29, 1.82) is 0 Å². The monoisotopic (exact) mass is 631 g/mol. The molecule has 10 nitrogen and oxygen atoms in total. The lowest BCUT2D eigenvalue weighted by molar-refractivity contribution is -0.0123. The van der Waals surface area contributed by atoms with E-state index in [0.29, 0.717) is 45.1 Å². The molecule has 0 unspecified atom stereocenters. The summed E-state index contributed by atoms with van der Waals surface area (Å²) in [6.07, 6.45) is 6.18. The van der Waals surface area contributed by atoms with Crippen LogP contribution < -0.4 is 9.64 Å². The Balaban J connectivity index is 1.31. The van der Waals surface area contributed by atoms with Crippen LogP contribution in [0.25, 0.3) is 42.5 Å². The Bertz CT molecular complexity index is 1930. The summed E-state index contributed by atoms with van der Waals surface area (Å²) in [6, 6.07) is 4.45. The second-order valence-electron chi connectivity index (χ2n) is 13.2. The third-order valence-electron chi connectivity index (χ3n) is 9.86. The minimum Gasteiger partial charge on any atom is -0.461 e. The van der Waals surface area contributed by atoms with Crippen LogP contribution in [0.1, 0.15) is 44.2 Å². The number of thiophene rings is 1. The molecular weight excluding hydrogens is 593 g/mol. The highest BCUT2D eigenvalue weighted by Crippen LogP contribution is 2.46. The van der Waals surface area contributed by atoms with Crippen molar-refractivity contribution in [2.75, 3.05) is 50.9 Å². The van der Waals surface area contributed by atoms with E-state index >= 15 is 0 Å². The molecule has 0 spiro atoms. The van der Waals surface area contributed by atoms with Gasteiger partial charge in [-0.15, -0.1) is 11.3 Å². The topological polar surface area (TPSA) is 113 Å². The fourth-order valence-corrected chi connectivity index (χ4v) is 9.01. The highest BCUT2D eigenvalue weighted by atomic mass is 32.1. The van der Waals surface area contributed by atoms with Crippen molar-refractivity contribution >= 4 is 48.4 Å². The molecule has 0 radical (unpaired) electrons. The highest BCUT2D eigenvalue weighted by molar-refractivity contribution is 7.26.